The number of hydrogen-bond acceptors (Lipinski definition) is 3. The van der Waals surface area contributed by atoms with Gasteiger partial charge in [0.2, 0.25) is 0 Å². The van der Waals surface area contributed by atoms with E-state index in [1.807, 2.05) is 24.3 Å². The number of likely N-dealkylation sites (N-methyl/N-ethyl adjacent to an activating group) is 1. The van der Waals surface area contributed by atoms with Gasteiger partial charge in [-0.3, -0.25) is 4.90 Å². The van der Waals surface area contributed by atoms with Crippen LogP contribution in [0.15, 0.2) is 53.7 Å². The Bertz CT molecular complexity index is 610. The summed E-state index contributed by atoms with van der Waals surface area (Å²) in [5.41, 5.74) is 3.34. The average Bonchev–Trinajstić information content (AvgIpc) is 2.65. The average molecular weight is 357 g/mol. The second kappa shape index (κ2) is 10.8. The highest BCUT2D eigenvalue weighted by molar-refractivity contribution is 5.97. The van der Waals surface area contributed by atoms with Gasteiger partial charge in [0, 0.05) is 12.1 Å². The second-order valence-corrected chi connectivity index (χ2v) is 7.12. The van der Waals surface area contributed by atoms with Gasteiger partial charge < -0.3 is 11.2 Å². The Hall–Kier alpha value is -2.07. The molecule has 0 fully saturated rings. The van der Waals surface area contributed by atoms with Crippen molar-refractivity contribution in [3.8, 4) is 0 Å². The van der Waals surface area contributed by atoms with E-state index in [9.17, 15) is 0 Å². The van der Waals surface area contributed by atoms with E-state index < -0.39 is 0 Å². The van der Waals surface area contributed by atoms with Crippen molar-refractivity contribution in [2.75, 3.05) is 19.6 Å². The standard InChI is InChI=1S/C22H36N4/c1-7-13-20(18(4)19-14-11-10-12-15-19)16-21(25-23)24-17-22(5,6)26(8-2)9-3/h10-12,14-16H,4,7-9,13,17,23H2,1-3,5-6H3,(H,24,25)/b20-16-. The van der Waals surface area contributed by atoms with Crippen LogP contribution in [0.5, 0.6) is 0 Å². The zero-order chi connectivity index (χ0) is 19.6. The van der Waals surface area contributed by atoms with E-state index in [0.29, 0.717) is 5.84 Å². The second-order valence-electron chi connectivity index (χ2n) is 7.12. The first kappa shape index (κ1) is 22.0. The molecule has 0 aromatic heterocycles. The maximum absolute atomic E-state index is 5.66. The van der Waals surface area contributed by atoms with E-state index in [4.69, 9.17) is 5.84 Å². The lowest BCUT2D eigenvalue weighted by Crippen LogP contribution is -2.51. The molecular weight excluding hydrogens is 320 g/mol. The van der Waals surface area contributed by atoms with Crippen LogP contribution in [0.25, 0.3) is 5.57 Å². The summed E-state index contributed by atoms with van der Waals surface area (Å²) in [6.07, 6.45) is 4.02. The van der Waals surface area contributed by atoms with Gasteiger partial charge in [-0.25, -0.2) is 0 Å². The summed E-state index contributed by atoms with van der Waals surface area (Å²) in [5, 5.41) is 7.39. The Morgan fingerprint density at radius 2 is 1.81 bits per heavy atom. The van der Waals surface area contributed by atoms with E-state index in [-0.39, 0.29) is 5.54 Å². The van der Waals surface area contributed by atoms with Gasteiger partial charge in [-0.2, -0.15) is 5.10 Å². The van der Waals surface area contributed by atoms with Gasteiger partial charge in [-0.1, -0.05) is 64.1 Å². The highest BCUT2D eigenvalue weighted by Gasteiger charge is 2.24. The quantitative estimate of drug-likeness (QED) is 0.215. The fourth-order valence-corrected chi connectivity index (χ4v) is 3.20. The molecule has 0 unspecified atom stereocenters. The van der Waals surface area contributed by atoms with Crippen molar-refractivity contribution >= 4 is 11.4 Å². The van der Waals surface area contributed by atoms with E-state index in [1.54, 1.807) is 0 Å². The molecule has 4 heteroatoms. The highest BCUT2D eigenvalue weighted by atomic mass is 15.2. The summed E-state index contributed by atoms with van der Waals surface area (Å²) < 4.78 is 0. The lowest BCUT2D eigenvalue weighted by molar-refractivity contribution is 0.138. The van der Waals surface area contributed by atoms with Crippen LogP contribution >= 0.6 is 0 Å². The fourth-order valence-electron chi connectivity index (χ4n) is 3.20. The number of hydrogen-bond donors (Lipinski definition) is 2. The van der Waals surface area contributed by atoms with E-state index >= 15 is 0 Å². The Labute approximate surface area is 159 Å². The molecule has 0 heterocycles. The highest BCUT2D eigenvalue weighted by Crippen LogP contribution is 2.24. The molecular formula is C22H36N4. The molecule has 3 N–H and O–H groups in total. The Morgan fingerprint density at radius 1 is 1.19 bits per heavy atom. The van der Waals surface area contributed by atoms with Crippen molar-refractivity contribution in [3.05, 3.63) is 54.1 Å². The maximum Gasteiger partial charge on any atom is 0.145 e. The first-order valence-electron chi connectivity index (χ1n) is 9.61. The summed E-state index contributed by atoms with van der Waals surface area (Å²) in [7, 11) is 0. The molecule has 1 aromatic rings. The summed E-state index contributed by atoms with van der Waals surface area (Å²) >= 11 is 0. The molecule has 0 aliphatic rings. The van der Waals surface area contributed by atoms with Gasteiger partial charge in [-0.05, 0) is 56.1 Å². The molecule has 0 saturated carbocycles. The Kier molecular flexibility index (Phi) is 9.14. The largest absolute Gasteiger partial charge is 0.367 e. The van der Waals surface area contributed by atoms with Gasteiger partial charge in [-0.15, -0.1) is 0 Å². The maximum atomic E-state index is 5.66. The number of benzene rings is 1. The van der Waals surface area contributed by atoms with Crippen LogP contribution in [0.4, 0.5) is 0 Å². The number of nitrogens with zero attached hydrogens (tertiary/aromatic N) is 2. The van der Waals surface area contributed by atoms with Crippen molar-refractivity contribution in [1.82, 2.24) is 10.2 Å². The lowest BCUT2D eigenvalue weighted by atomic mass is 9.95. The molecule has 26 heavy (non-hydrogen) atoms. The first-order valence-corrected chi connectivity index (χ1v) is 9.61. The molecule has 4 nitrogen and oxygen atoms in total. The molecule has 0 saturated heterocycles. The van der Waals surface area contributed by atoms with Crippen LogP contribution in [0.1, 0.15) is 53.0 Å². The molecule has 1 rings (SSSR count). The molecule has 1 aromatic carbocycles. The van der Waals surface area contributed by atoms with Crippen LogP contribution in [0.2, 0.25) is 0 Å². The van der Waals surface area contributed by atoms with Gasteiger partial charge in [0.15, 0.2) is 0 Å². The van der Waals surface area contributed by atoms with Crippen LogP contribution in [-0.2, 0) is 0 Å². The van der Waals surface area contributed by atoms with Crippen molar-refractivity contribution < 1.29 is 0 Å². The Morgan fingerprint density at radius 3 is 2.31 bits per heavy atom. The van der Waals surface area contributed by atoms with Gasteiger partial charge >= 0.3 is 0 Å². The molecule has 0 spiro atoms. The van der Waals surface area contributed by atoms with Gasteiger partial charge in [0.25, 0.3) is 0 Å². The van der Waals surface area contributed by atoms with Gasteiger partial charge in [0.05, 0.1) is 0 Å². The first-order chi connectivity index (χ1) is 12.4. The molecule has 144 valence electrons. The summed E-state index contributed by atoms with van der Waals surface area (Å²) in [6, 6.07) is 10.3. The van der Waals surface area contributed by atoms with Crippen molar-refractivity contribution in [3.63, 3.8) is 0 Å². The van der Waals surface area contributed by atoms with Crippen molar-refractivity contribution in [2.45, 2.75) is 53.0 Å². The zero-order valence-corrected chi connectivity index (χ0v) is 17.2. The number of hydrazone groups is 1. The van der Waals surface area contributed by atoms with E-state index in [2.05, 4.69) is 68.6 Å². The summed E-state index contributed by atoms with van der Waals surface area (Å²) in [6.45, 7) is 18.1. The van der Waals surface area contributed by atoms with Crippen LogP contribution in [0.3, 0.4) is 0 Å². The monoisotopic (exact) mass is 356 g/mol. The summed E-state index contributed by atoms with van der Waals surface area (Å²) in [4.78, 5) is 2.42. The Balaban J connectivity index is 2.94. The molecule has 0 atom stereocenters. The lowest BCUT2D eigenvalue weighted by Gasteiger charge is -2.37. The summed E-state index contributed by atoms with van der Waals surface area (Å²) in [5.74, 6) is 6.36. The molecule has 0 aliphatic carbocycles. The van der Waals surface area contributed by atoms with Crippen LogP contribution < -0.4 is 11.2 Å². The predicted octanol–water partition coefficient (Wildman–Crippen LogP) is 4.41. The SMILES string of the molecule is C=C(/C(=C\C(=N/N)NCC(C)(C)N(CC)CC)CCC)c1ccccc1. The third-order valence-corrected chi connectivity index (χ3v) is 4.80. The normalized spacial score (nSPS) is 13.2. The minimum absolute atomic E-state index is 0.0225. The van der Waals surface area contributed by atoms with E-state index in [1.165, 1.54) is 0 Å². The molecule has 0 radical (unpaired) electrons. The number of nitrogens with two attached hydrogens (primary N) is 1. The molecule has 0 amide bonds. The van der Waals surface area contributed by atoms with Crippen LogP contribution in [-0.4, -0.2) is 35.9 Å². The number of nitrogens with one attached hydrogen (secondary N) is 1. The van der Waals surface area contributed by atoms with Gasteiger partial charge in [0.1, 0.15) is 5.84 Å². The molecule has 0 bridgehead atoms. The topological polar surface area (TPSA) is 53.6 Å². The third-order valence-electron chi connectivity index (χ3n) is 4.80. The fraction of sp³-hybridized carbons (Fsp3) is 0.500. The number of allylic oxidation sites excluding steroid dienone is 2. The smallest absolute Gasteiger partial charge is 0.145 e. The van der Waals surface area contributed by atoms with E-state index in [0.717, 1.165) is 49.2 Å². The minimum Gasteiger partial charge on any atom is -0.367 e. The van der Waals surface area contributed by atoms with Crippen molar-refractivity contribution in [1.29, 1.82) is 0 Å². The number of amidine groups is 1. The predicted molar refractivity (Wildman–Crippen MR) is 115 cm³/mol. The van der Waals surface area contributed by atoms with Crippen molar-refractivity contribution in [2.24, 2.45) is 10.9 Å². The molecule has 0 aliphatic heterocycles. The van der Waals surface area contributed by atoms with Crippen LogP contribution in [0, 0.1) is 0 Å². The zero-order valence-electron chi connectivity index (χ0n) is 17.2. The number of rotatable bonds is 10. The minimum atomic E-state index is 0.0225. The third kappa shape index (κ3) is 6.34.